The van der Waals surface area contributed by atoms with Gasteiger partial charge in [-0.05, 0) is 50.3 Å². The standard InChI is InChI=1S/C18H22N4O3/c23-18(15-4-2-8-24-15)22-10-13(11-22)16-19-17(25-20-16)14-3-1-7-21(14)9-12-5-6-12/h2,4,8,12-14H,1,3,5-7,9-11H2. The van der Waals surface area contributed by atoms with Crippen molar-refractivity contribution < 1.29 is 13.7 Å². The van der Waals surface area contributed by atoms with Crippen molar-refractivity contribution in [1.29, 1.82) is 0 Å². The lowest BCUT2D eigenvalue weighted by Gasteiger charge is -2.36. The SMILES string of the molecule is O=C(c1ccco1)N1CC(c2noc(C3CCCN3CC3CC3)n2)C1. The Hall–Kier alpha value is -2.15. The van der Waals surface area contributed by atoms with Gasteiger partial charge in [-0.1, -0.05) is 5.16 Å². The molecule has 5 rings (SSSR count). The van der Waals surface area contributed by atoms with Gasteiger partial charge >= 0.3 is 0 Å². The van der Waals surface area contributed by atoms with Crippen LogP contribution in [0.1, 0.15) is 59.9 Å². The number of furan rings is 1. The molecular weight excluding hydrogens is 320 g/mol. The molecule has 1 unspecified atom stereocenters. The van der Waals surface area contributed by atoms with Crippen LogP contribution in [0.15, 0.2) is 27.3 Å². The minimum atomic E-state index is -0.0728. The van der Waals surface area contributed by atoms with Crippen molar-refractivity contribution in [3.8, 4) is 0 Å². The molecule has 132 valence electrons. The number of likely N-dealkylation sites (tertiary alicyclic amines) is 2. The molecule has 7 heteroatoms. The summed E-state index contributed by atoms with van der Waals surface area (Å²) in [6.07, 6.45) is 6.54. The normalized spacial score (nSPS) is 24.6. The maximum absolute atomic E-state index is 12.2. The third-order valence-electron chi connectivity index (χ3n) is 5.56. The third-order valence-corrected chi connectivity index (χ3v) is 5.56. The molecule has 1 saturated carbocycles. The number of amides is 1. The van der Waals surface area contributed by atoms with Crippen molar-refractivity contribution in [3.63, 3.8) is 0 Å². The van der Waals surface area contributed by atoms with E-state index in [2.05, 4.69) is 15.0 Å². The molecule has 4 heterocycles. The first-order valence-corrected chi connectivity index (χ1v) is 9.18. The van der Waals surface area contributed by atoms with Crippen LogP contribution in [0.4, 0.5) is 0 Å². The number of hydrogen-bond acceptors (Lipinski definition) is 6. The summed E-state index contributed by atoms with van der Waals surface area (Å²) in [6.45, 7) is 3.54. The molecule has 25 heavy (non-hydrogen) atoms. The molecule has 3 fully saturated rings. The molecule has 0 aromatic carbocycles. The van der Waals surface area contributed by atoms with E-state index < -0.39 is 0 Å². The average molecular weight is 342 g/mol. The molecule has 0 radical (unpaired) electrons. The molecule has 1 aliphatic carbocycles. The van der Waals surface area contributed by atoms with E-state index in [1.165, 1.54) is 25.5 Å². The Bertz CT molecular complexity index is 746. The summed E-state index contributed by atoms with van der Waals surface area (Å²) in [7, 11) is 0. The van der Waals surface area contributed by atoms with Crippen molar-refractivity contribution in [2.24, 2.45) is 5.92 Å². The Labute approximate surface area is 146 Å². The van der Waals surface area contributed by atoms with Gasteiger partial charge in [-0.3, -0.25) is 9.69 Å². The van der Waals surface area contributed by atoms with Crippen molar-refractivity contribution in [1.82, 2.24) is 19.9 Å². The summed E-state index contributed by atoms with van der Waals surface area (Å²) in [4.78, 5) is 21.1. The summed E-state index contributed by atoms with van der Waals surface area (Å²) in [5.74, 6) is 2.83. The van der Waals surface area contributed by atoms with Gasteiger partial charge in [0, 0.05) is 19.6 Å². The van der Waals surface area contributed by atoms with E-state index >= 15 is 0 Å². The molecule has 3 aliphatic rings. The largest absolute Gasteiger partial charge is 0.459 e. The number of rotatable bonds is 5. The van der Waals surface area contributed by atoms with Crippen molar-refractivity contribution in [2.75, 3.05) is 26.2 Å². The smallest absolute Gasteiger partial charge is 0.289 e. The summed E-state index contributed by atoms with van der Waals surface area (Å²) in [5, 5.41) is 4.19. The lowest BCUT2D eigenvalue weighted by Crippen LogP contribution is -2.48. The number of hydrogen-bond donors (Lipinski definition) is 0. The lowest BCUT2D eigenvalue weighted by molar-refractivity contribution is 0.0559. The van der Waals surface area contributed by atoms with E-state index in [0.717, 1.165) is 37.1 Å². The van der Waals surface area contributed by atoms with Gasteiger partial charge in [0.1, 0.15) is 0 Å². The predicted molar refractivity (Wildman–Crippen MR) is 87.9 cm³/mol. The van der Waals surface area contributed by atoms with Crippen LogP contribution in [-0.4, -0.2) is 52.0 Å². The van der Waals surface area contributed by atoms with Crippen molar-refractivity contribution >= 4 is 5.91 Å². The fraction of sp³-hybridized carbons (Fsp3) is 0.611. The zero-order chi connectivity index (χ0) is 16.8. The molecule has 2 aromatic heterocycles. The molecule has 1 atom stereocenters. The molecule has 2 saturated heterocycles. The van der Waals surface area contributed by atoms with E-state index in [1.54, 1.807) is 17.0 Å². The Morgan fingerprint density at radius 1 is 1.28 bits per heavy atom. The minimum absolute atomic E-state index is 0.0728. The summed E-state index contributed by atoms with van der Waals surface area (Å²) in [5.41, 5.74) is 0. The summed E-state index contributed by atoms with van der Waals surface area (Å²) in [6, 6.07) is 3.70. The number of nitrogens with zero attached hydrogens (tertiary/aromatic N) is 4. The van der Waals surface area contributed by atoms with Crippen LogP contribution < -0.4 is 0 Å². The van der Waals surface area contributed by atoms with Gasteiger partial charge in [-0.25, -0.2) is 0 Å². The lowest BCUT2D eigenvalue weighted by atomic mass is 9.99. The van der Waals surface area contributed by atoms with Gasteiger partial charge in [0.15, 0.2) is 11.6 Å². The van der Waals surface area contributed by atoms with Gasteiger partial charge in [-0.2, -0.15) is 4.98 Å². The molecular formula is C18H22N4O3. The Morgan fingerprint density at radius 3 is 2.92 bits per heavy atom. The van der Waals surface area contributed by atoms with Gasteiger partial charge in [0.25, 0.3) is 5.91 Å². The molecule has 0 N–H and O–H groups in total. The highest BCUT2D eigenvalue weighted by atomic mass is 16.5. The molecule has 0 spiro atoms. The van der Waals surface area contributed by atoms with Gasteiger partial charge in [0.05, 0.1) is 18.2 Å². The highest BCUT2D eigenvalue weighted by molar-refractivity contribution is 5.92. The fourth-order valence-electron chi connectivity index (χ4n) is 3.87. The van der Waals surface area contributed by atoms with Gasteiger partial charge in [0.2, 0.25) is 5.89 Å². The second kappa shape index (κ2) is 5.98. The van der Waals surface area contributed by atoms with Crippen LogP contribution in [0.5, 0.6) is 0 Å². The van der Waals surface area contributed by atoms with Crippen LogP contribution >= 0.6 is 0 Å². The minimum Gasteiger partial charge on any atom is -0.459 e. The Morgan fingerprint density at radius 2 is 2.16 bits per heavy atom. The van der Waals surface area contributed by atoms with Crippen LogP contribution in [0.3, 0.4) is 0 Å². The molecule has 2 aromatic rings. The van der Waals surface area contributed by atoms with E-state index in [-0.39, 0.29) is 17.9 Å². The van der Waals surface area contributed by atoms with Gasteiger partial charge < -0.3 is 13.8 Å². The molecule has 1 amide bonds. The van der Waals surface area contributed by atoms with E-state index in [4.69, 9.17) is 8.94 Å². The van der Waals surface area contributed by atoms with E-state index in [0.29, 0.717) is 18.8 Å². The van der Waals surface area contributed by atoms with Crippen molar-refractivity contribution in [3.05, 3.63) is 35.9 Å². The van der Waals surface area contributed by atoms with Crippen LogP contribution in [0.2, 0.25) is 0 Å². The van der Waals surface area contributed by atoms with Crippen LogP contribution in [0.25, 0.3) is 0 Å². The third kappa shape index (κ3) is 2.86. The van der Waals surface area contributed by atoms with Crippen molar-refractivity contribution in [2.45, 2.75) is 37.6 Å². The maximum Gasteiger partial charge on any atom is 0.289 e. The first-order chi connectivity index (χ1) is 12.3. The second-order valence-electron chi connectivity index (χ2n) is 7.47. The topological polar surface area (TPSA) is 75.6 Å². The fourth-order valence-corrected chi connectivity index (χ4v) is 3.87. The number of carbonyl (C=O) groups excluding carboxylic acids is 1. The Kier molecular flexibility index (Phi) is 3.62. The summed E-state index contributed by atoms with van der Waals surface area (Å²) >= 11 is 0. The molecule has 2 aliphatic heterocycles. The maximum atomic E-state index is 12.2. The zero-order valence-corrected chi connectivity index (χ0v) is 14.1. The predicted octanol–water partition coefficient (Wildman–Crippen LogP) is 2.45. The monoisotopic (exact) mass is 342 g/mol. The van der Waals surface area contributed by atoms with Crippen LogP contribution in [-0.2, 0) is 0 Å². The van der Waals surface area contributed by atoms with E-state index in [9.17, 15) is 4.79 Å². The number of carbonyl (C=O) groups is 1. The first kappa shape index (κ1) is 15.1. The van der Waals surface area contributed by atoms with E-state index in [1.807, 2.05) is 0 Å². The van der Waals surface area contributed by atoms with Gasteiger partial charge in [-0.15, -0.1) is 0 Å². The molecule has 0 bridgehead atoms. The summed E-state index contributed by atoms with van der Waals surface area (Å²) < 4.78 is 10.7. The van der Waals surface area contributed by atoms with Crippen LogP contribution in [0, 0.1) is 5.92 Å². The number of aromatic nitrogens is 2. The second-order valence-corrected chi connectivity index (χ2v) is 7.47. The highest BCUT2D eigenvalue weighted by Crippen LogP contribution is 2.37. The quantitative estimate of drug-likeness (QED) is 0.831. The first-order valence-electron chi connectivity index (χ1n) is 9.18. The average Bonchev–Trinajstić information content (AvgIpc) is 3.02. The highest BCUT2D eigenvalue weighted by Gasteiger charge is 2.38. The zero-order valence-electron chi connectivity index (χ0n) is 14.1. The Balaban J connectivity index is 1.21. The molecule has 7 nitrogen and oxygen atoms in total.